The first-order chi connectivity index (χ1) is 8.79. The Morgan fingerprint density at radius 3 is 2.58 bits per heavy atom. The molecule has 0 aliphatic rings. The second-order valence-corrected chi connectivity index (χ2v) is 6.18. The van der Waals surface area contributed by atoms with Crippen LogP contribution in [0, 0.1) is 0 Å². The minimum atomic E-state index is -3.82. The molecule has 0 fully saturated rings. The molecule has 0 spiro atoms. The van der Waals surface area contributed by atoms with E-state index in [9.17, 15) is 13.2 Å². The fraction of sp³-hybridized carbons (Fsp3) is 0.100. The van der Waals surface area contributed by atoms with Gasteiger partial charge in [0.25, 0.3) is 0 Å². The van der Waals surface area contributed by atoms with Gasteiger partial charge in [-0.1, -0.05) is 23.2 Å². The number of carbonyl (C=O) groups is 1. The highest BCUT2D eigenvalue weighted by Gasteiger charge is 2.25. The molecule has 0 saturated carbocycles. The molecule has 19 heavy (non-hydrogen) atoms. The van der Waals surface area contributed by atoms with Crippen LogP contribution in [0.5, 0.6) is 0 Å². The smallest absolute Gasteiger partial charge is 0.372 e. The van der Waals surface area contributed by atoms with Crippen LogP contribution < -0.4 is 4.72 Å². The highest BCUT2D eigenvalue weighted by Crippen LogP contribution is 2.38. The average molecular weight is 324 g/mol. The van der Waals surface area contributed by atoms with Gasteiger partial charge < -0.3 is 9.52 Å². The summed E-state index contributed by atoms with van der Waals surface area (Å²) in [5.41, 5.74) is 0. The van der Waals surface area contributed by atoms with E-state index in [-0.39, 0.29) is 25.7 Å². The number of benzene rings is 1. The van der Waals surface area contributed by atoms with E-state index in [2.05, 4.69) is 4.72 Å². The van der Waals surface area contributed by atoms with E-state index in [1.54, 1.807) is 0 Å². The first-order valence-electron chi connectivity index (χ1n) is 4.85. The van der Waals surface area contributed by atoms with Crippen LogP contribution in [0.25, 0.3) is 10.8 Å². The first-order valence-corrected chi connectivity index (χ1v) is 7.09. The Kier molecular flexibility index (Phi) is 3.48. The fourth-order valence-electron chi connectivity index (χ4n) is 1.62. The molecule has 0 aliphatic carbocycles. The van der Waals surface area contributed by atoms with Crippen LogP contribution in [0.4, 0.5) is 0 Å². The summed E-state index contributed by atoms with van der Waals surface area (Å²) in [4.78, 5) is 10.8. The number of hydrogen-bond donors (Lipinski definition) is 2. The number of carboxylic acids is 1. The van der Waals surface area contributed by atoms with Crippen molar-refractivity contribution in [3.8, 4) is 0 Å². The topological polar surface area (TPSA) is 96.6 Å². The molecule has 2 aromatic rings. The summed E-state index contributed by atoms with van der Waals surface area (Å²) < 4.78 is 30.7. The molecule has 1 aromatic carbocycles. The van der Waals surface area contributed by atoms with Crippen molar-refractivity contribution in [2.45, 2.75) is 4.90 Å². The van der Waals surface area contributed by atoms with Crippen molar-refractivity contribution in [2.75, 3.05) is 7.05 Å². The SMILES string of the molecule is CNS(=O)(=O)c1cc(Cl)c(Cl)c2c(C(=O)O)occ12. The molecule has 0 unspecified atom stereocenters. The molecule has 1 aromatic heterocycles. The van der Waals surface area contributed by atoms with Gasteiger partial charge in [-0.3, -0.25) is 0 Å². The summed E-state index contributed by atoms with van der Waals surface area (Å²) in [5.74, 6) is -1.83. The van der Waals surface area contributed by atoms with Crippen molar-refractivity contribution in [1.29, 1.82) is 0 Å². The highest BCUT2D eigenvalue weighted by molar-refractivity contribution is 7.89. The van der Waals surface area contributed by atoms with Crippen LogP contribution in [-0.4, -0.2) is 26.5 Å². The third kappa shape index (κ3) is 2.18. The summed E-state index contributed by atoms with van der Waals surface area (Å²) in [7, 11) is -2.60. The van der Waals surface area contributed by atoms with Gasteiger partial charge in [0, 0.05) is 5.39 Å². The fourth-order valence-corrected chi connectivity index (χ4v) is 3.07. The molecule has 0 bridgehead atoms. The van der Waals surface area contributed by atoms with Gasteiger partial charge in [0.15, 0.2) is 0 Å². The summed E-state index contributed by atoms with van der Waals surface area (Å²) >= 11 is 11.7. The Morgan fingerprint density at radius 2 is 2.05 bits per heavy atom. The van der Waals surface area contributed by atoms with Crippen LogP contribution in [-0.2, 0) is 10.0 Å². The number of furan rings is 1. The third-order valence-corrected chi connectivity index (χ3v) is 4.74. The molecule has 2 rings (SSSR count). The molecular weight excluding hydrogens is 317 g/mol. The molecule has 0 aliphatic heterocycles. The van der Waals surface area contributed by atoms with Crippen molar-refractivity contribution >= 4 is 50.0 Å². The van der Waals surface area contributed by atoms with Crippen LogP contribution in [0.3, 0.4) is 0 Å². The number of halogens is 2. The number of sulfonamides is 1. The minimum Gasteiger partial charge on any atom is -0.475 e. The predicted octanol–water partition coefficient (Wildman–Crippen LogP) is 2.35. The molecule has 0 amide bonds. The van der Waals surface area contributed by atoms with Crippen molar-refractivity contribution in [3.05, 3.63) is 28.1 Å². The van der Waals surface area contributed by atoms with Crippen molar-refractivity contribution in [2.24, 2.45) is 0 Å². The quantitative estimate of drug-likeness (QED) is 0.903. The van der Waals surface area contributed by atoms with Crippen LogP contribution in [0.1, 0.15) is 10.6 Å². The lowest BCUT2D eigenvalue weighted by atomic mass is 10.2. The van der Waals surface area contributed by atoms with E-state index < -0.39 is 21.8 Å². The van der Waals surface area contributed by atoms with Crippen LogP contribution in [0.2, 0.25) is 10.0 Å². The van der Waals surface area contributed by atoms with Gasteiger partial charge in [-0.2, -0.15) is 0 Å². The monoisotopic (exact) mass is 323 g/mol. The Bertz CT molecular complexity index is 781. The zero-order valence-electron chi connectivity index (χ0n) is 9.40. The van der Waals surface area contributed by atoms with E-state index >= 15 is 0 Å². The van der Waals surface area contributed by atoms with Crippen LogP contribution in [0.15, 0.2) is 21.6 Å². The van der Waals surface area contributed by atoms with E-state index in [1.807, 2.05) is 0 Å². The van der Waals surface area contributed by atoms with Crippen molar-refractivity contribution in [1.82, 2.24) is 4.72 Å². The Balaban J connectivity index is 2.98. The van der Waals surface area contributed by atoms with Gasteiger partial charge in [-0.15, -0.1) is 0 Å². The summed E-state index contributed by atoms with van der Waals surface area (Å²) in [5, 5.41) is 8.84. The minimum absolute atomic E-state index is 0.0458. The van der Waals surface area contributed by atoms with Gasteiger partial charge in [-0.05, 0) is 13.1 Å². The standard InChI is InChI=1S/C10H7Cl2NO5S/c1-13-19(16,17)6-2-5(11)8(12)7-4(6)3-18-9(7)10(14)15/h2-3,13H,1H3,(H,14,15). The average Bonchev–Trinajstić information content (AvgIpc) is 2.78. The maximum Gasteiger partial charge on any atom is 0.372 e. The number of aromatic carboxylic acids is 1. The molecule has 0 saturated heterocycles. The van der Waals surface area contributed by atoms with Crippen molar-refractivity contribution < 1.29 is 22.7 Å². The van der Waals surface area contributed by atoms with Gasteiger partial charge >= 0.3 is 5.97 Å². The second-order valence-electron chi connectivity index (χ2n) is 3.54. The predicted molar refractivity (Wildman–Crippen MR) is 69.4 cm³/mol. The normalized spacial score (nSPS) is 11.9. The summed E-state index contributed by atoms with van der Waals surface area (Å²) in [6.45, 7) is 0. The Hall–Kier alpha value is -1.28. The van der Waals surface area contributed by atoms with Gasteiger partial charge in [0.05, 0.1) is 20.3 Å². The lowest BCUT2D eigenvalue weighted by molar-refractivity contribution is 0.0665. The zero-order valence-corrected chi connectivity index (χ0v) is 11.7. The molecule has 1 heterocycles. The first kappa shape index (κ1) is 14.1. The second kappa shape index (κ2) is 4.68. The van der Waals surface area contributed by atoms with Gasteiger partial charge in [-0.25, -0.2) is 17.9 Å². The van der Waals surface area contributed by atoms with E-state index in [1.165, 1.54) is 7.05 Å². The van der Waals surface area contributed by atoms with Crippen LogP contribution >= 0.6 is 23.2 Å². The summed E-state index contributed by atoms with van der Waals surface area (Å²) in [6.07, 6.45) is 1.02. The lowest BCUT2D eigenvalue weighted by Gasteiger charge is -2.06. The van der Waals surface area contributed by atoms with E-state index in [4.69, 9.17) is 32.7 Å². The lowest BCUT2D eigenvalue weighted by Crippen LogP contribution is -2.18. The van der Waals surface area contributed by atoms with Gasteiger partial charge in [0.1, 0.15) is 6.26 Å². The third-order valence-electron chi connectivity index (χ3n) is 2.50. The van der Waals surface area contributed by atoms with Crippen molar-refractivity contribution in [3.63, 3.8) is 0 Å². The van der Waals surface area contributed by atoms with E-state index in [0.717, 1.165) is 12.3 Å². The Morgan fingerprint density at radius 1 is 1.42 bits per heavy atom. The molecule has 6 nitrogen and oxygen atoms in total. The maximum atomic E-state index is 11.9. The molecule has 2 N–H and O–H groups in total. The number of fused-ring (bicyclic) bond motifs is 1. The highest BCUT2D eigenvalue weighted by atomic mass is 35.5. The molecule has 0 atom stereocenters. The number of nitrogens with one attached hydrogen (secondary N) is 1. The van der Waals surface area contributed by atoms with Gasteiger partial charge in [0.2, 0.25) is 15.8 Å². The Labute approximate surface area is 118 Å². The zero-order chi connectivity index (χ0) is 14.4. The molecule has 9 heteroatoms. The number of rotatable bonds is 3. The molecule has 102 valence electrons. The molecule has 0 radical (unpaired) electrons. The largest absolute Gasteiger partial charge is 0.475 e. The van der Waals surface area contributed by atoms with E-state index in [0.29, 0.717) is 0 Å². The number of hydrogen-bond acceptors (Lipinski definition) is 4. The summed E-state index contributed by atoms with van der Waals surface area (Å²) in [6, 6.07) is 1.14. The molecular formula is C10H7Cl2NO5S. The number of carboxylic acid groups (broad SMARTS) is 1. The maximum absolute atomic E-state index is 11.9.